The van der Waals surface area contributed by atoms with E-state index in [2.05, 4.69) is 20.8 Å². The molecule has 0 aliphatic rings. The summed E-state index contributed by atoms with van der Waals surface area (Å²) >= 11 is 0. The lowest BCUT2D eigenvalue weighted by molar-refractivity contribution is 0.625. The van der Waals surface area contributed by atoms with E-state index in [9.17, 15) is 4.39 Å². The van der Waals surface area contributed by atoms with Crippen molar-refractivity contribution in [1.29, 1.82) is 0 Å². The van der Waals surface area contributed by atoms with Crippen LogP contribution in [0.4, 0.5) is 4.39 Å². The normalized spacial score (nSPS) is 9.46. The summed E-state index contributed by atoms with van der Waals surface area (Å²) in [6.07, 6.45) is 0. The Bertz CT molecular complexity index is 198. The molecule has 0 saturated heterocycles. The third-order valence-electron chi connectivity index (χ3n) is 1.19. The molecule has 0 amide bonds. The predicted molar refractivity (Wildman–Crippen MR) is 56.4 cm³/mol. The van der Waals surface area contributed by atoms with Crippen molar-refractivity contribution in [2.75, 3.05) is 0 Å². The van der Waals surface area contributed by atoms with Gasteiger partial charge in [-0.3, -0.25) is 0 Å². The lowest BCUT2D eigenvalue weighted by atomic mass is 10.2. The van der Waals surface area contributed by atoms with Crippen molar-refractivity contribution in [2.45, 2.75) is 34.6 Å². The molecule has 74 valence electrons. The summed E-state index contributed by atoms with van der Waals surface area (Å²) in [6.45, 7) is 10.3. The molecule has 0 aromatic heterocycles. The molecule has 0 saturated carbocycles. The molecule has 1 aromatic rings. The molecule has 0 fully saturated rings. The van der Waals surface area contributed by atoms with E-state index in [1.54, 1.807) is 0 Å². The van der Waals surface area contributed by atoms with Gasteiger partial charge < -0.3 is 0 Å². The van der Waals surface area contributed by atoms with E-state index >= 15 is 0 Å². The Kier molecular flexibility index (Phi) is 5.36. The molecule has 13 heavy (non-hydrogen) atoms. The summed E-state index contributed by atoms with van der Waals surface area (Å²) in [5.74, 6) is 0.688. The first-order chi connectivity index (χ1) is 5.91. The number of rotatable bonds is 0. The summed E-state index contributed by atoms with van der Waals surface area (Å²) in [5, 5.41) is 0. The maximum absolute atomic E-state index is 12.4. The average Bonchev–Trinajstić information content (AvgIpc) is 1.80. The zero-order valence-electron chi connectivity index (χ0n) is 9.19. The SMILES string of the molecule is CC(C)C.Cc1cc(C)cc(F)c1. The van der Waals surface area contributed by atoms with Gasteiger partial charge in [-0.05, 0) is 43.0 Å². The summed E-state index contributed by atoms with van der Waals surface area (Å²) in [6, 6.07) is 4.99. The van der Waals surface area contributed by atoms with Gasteiger partial charge in [0.05, 0.1) is 0 Å². The molecule has 0 spiro atoms. The van der Waals surface area contributed by atoms with Crippen molar-refractivity contribution in [2.24, 2.45) is 5.92 Å². The number of benzene rings is 1. The van der Waals surface area contributed by atoms with Crippen LogP contribution in [-0.2, 0) is 0 Å². The van der Waals surface area contributed by atoms with Gasteiger partial charge in [0.25, 0.3) is 0 Å². The highest BCUT2D eigenvalue weighted by molar-refractivity contribution is 5.21. The van der Waals surface area contributed by atoms with E-state index in [0.717, 1.165) is 17.0 Å². The second-order valence-electron chi connectivity index (χ2n) is 4.04. The molecule has 0 N–H and O–H groups in total. The van der Waals surface area contributed by atoms with Crippen molar-refractivity contribution < 1.29 is 4.39 Å². The van der Waals surface area contributed by atoms with Crippen LogP contribution in [0.25, 0.3) is 0 Å². The molecule has 0 aliphatic carbocycles. The first-order valence-electron chi connectivity index (χ1n) is 4.65. The second-order valence-corrected chi connectivity index (χ2v) is 4.04. The largest absolute Gasteiger partial charge is 0.207 e. The van der Waals surface area contributed by atoms with E-state index < -0.39 is 0 Å². The molecule has 0 heterocycles. The Hall–Kier alpha value is -0.850. The smallest absolute Gasteiger partial charge is 0.123 e. The van der Waals surface area contributed by atoms with E-state index in [4.69, 9.17) is 0 Å². The van der Waals surface area contributed by atoms with Gasteiger partial charge in [-0.25, -0.2) is 4.39 Å². The van der Waals surface area contributed by atoms with Gasteiger partial charge in [-0.2, -0.15) is 0 Å². The van der Waals surface area contributed by atoms with Crippen LogP contribution < -0.4 is 0 Å². The fraction of sp³-hybridized carbons (Fsp3) is 0.500. The Morgan fingerprint density at radius 3 is 1.46 bits per heavy atom. The van der Waals surface area contributed by atoms with E-state index in [1.165, 1.54) is 12.1 Å². The first kappa shape index (κ1) is 12.2. The molecule has 0 aliphatic heterocycles. The summed E-state index contributed by atoms with van der Waals surface area (Å²) in [4.78, 5) is 0. The van der Waals surface area contributed by atoms with Crippen molar-refractivity contribution in [3.05, 3.63) is 35.1 Å². The van der Waals surface area contributed by atoms with E-state index in [-0.39, 0.29) is 5.82 Å². The zero-order valence-corrected chi connectivity index (χ0v) is 9.19. The van der Waals surface area contributed by atoms with E-state index in [1.807, 2.05) is 19.9 Å². The molecule has 1 heteroatoms. The highest BCUT2D eigenvalue weighted by Gasteiger charge is 1.90. The van der Waals surface area contributed by atoms with Crippen LogP contribution in [0.15, 0.2) is 18.2 Å². The molecule has 0 nitrogen and oxygen atoms in total. The highest BCUT2D eigenvalue weighted by atomic mass is 19.1. The molecule has 0 atom stereocenters. The van der Waals surface area contributed by atoms with Gasteiger partial charge in [-0.15, -0.1) is 0 Å². The molecule has 1 aromatic carbocycles. The lowest BCUT2D eigenvalue weighted by Crippen LogP contribution is -1.79. The van der Waals surface area contributed by atoms with Gasteiger partial charge in [0.1, 0.15) is 5.82 Å². The van der Waals surface area contributed by atoms with Gasteiger partial charge in [0.15, 0.2) is 0 Å². The van der Waals surface area contributed by atoms with Gasteiger partial charge in [0, 0.05) is 0 Å². The Morgan fingerprint density at radius 1 is 0.923 bits per heavy atom. The van der Waals surface area contributed by atoms with Crippen LogP contribution in [-0.4, -0.2) is 0 Å². The fourth-order valence-corrected chi connectivity index (χ4v) is 0.919. The third-order valence-corrected chi connectivity index (χ3v) is 1.19. The maximum Gasteiger partial charge on any atom is 0.123 e. The lowest BCUT2D eigenvalue weighted by Gasteiger charge is -1.94. The number of hydrogen-bond acceptors (Lipinski definition) is 0. The van der Waals surface area contributed by atoms with Crippen LogP contribution in [0.5, 0.6) is 0 Å². The van der Waals surface area contributed by atoms with Crippen molar-refractivity contribution in [3.8, 4) is 0 Å². The summed E-state index contributed by atoms with van der Waals surface area (Å²) in [7, 11) is 0. The highest BCUT2D eigenvalue weighted by Crippen LogP contribution is 2.05. The standard InChI is InChI=1S/C8H9F.C4H10/c1-6-3-7(2)5-8(9)4-6;1-4(2)3/h3-5H,1-2H3;4H,1-3H3. The number of hydrogen-bond donors (Lipinski definition) is 0. The van der Waals surface area contributed by atoms with Crippen molar-refractivity contribution in [1.82, 2.24) is 0 Å². The van der Waals surface area contributed by atoms with Crippen LogP contribution in [0.3, 0.4) is 0 Å². The minimum atomic E-state index is -0.146. The van der Waals surface area contributed by atoms with Crippen molar-refractivity contribution >= 4 is 0 Å². The topological polar surface area (TPSA) is 0 Å². The minimum Gasteiger partial charge on any atom is -0.207 e. The molecule has 1 rings (SSSR count). The predicted octanol–water partition coefficient (Wildman–Crippen LogP) is 4.10. The third kappa shape index (κ3) is 7.51. The molecule has 0 bridgehead atoms. The fourth-order valence-electron chi connectivity index (χ4n) is 0.919. The van der Waals surface area contributed by atoms with Crippen LogP contribution in [0.1, 0.15) is 31.9 Å². The minimum absolute atomic E-state index is 0.146. The first-order valence-corrected chi connectivity index (χ1v) is 4.65. The van der Waals surface area contributed by atoms with Gasteiger partial charge in [-0.1, -0.05) is 26.8 Å². The summed E-state index contributed by atoms with van der Waals surface area (Å²) < 4.78 is 12.4. The number of halogens is 1. The van der Waals surface area contributed by atoms with Crippen LogP contribution in [0, 0.1) is 25.6 Å². The molecule has 0 unspecified atom stereocenters. The molecule has 0 radical (unpaired) electrons. The van der Waals surface area contributed by atoms with Crippen LogP contribution >= 0.6 is 0 Å². The monoisotopic (exact) mass is 182 g/mol. The zero-order chi connectivity index (χ0) is 10.4. The summed E-state index contributed by atoms with van der Waals surface area (Å²) in [5.41, 5.74) is 1.96. The Balaban J connectivity index is 0.000000310. The Labute approximate surface area is 80.8 Å². The van der Waals surface area contributed by atoms with Gasteiger partial charge in [0.2, 0.25) is 0 Å². The average molecular weight is 182 g/mol. The van der Waals surface area contributed by atoms with E-state index in [0.29, 0.717) is 0 Å². The van der Waals surface area contributed by atoms with Crippen molar-refractivity contribution in [3.63, 3.8) is 0 Å². The second kappa shape index (κ2) is 5.74. The number of aryl methyl sites for hydroxylation is 2. The maximum atomic E-state index is 12.4. The van der Waals surface area contributed by atoms with Gasteiger partial charge >= 0.3 is 0 Å². The Morgan fingerprint density at radius 2 is 1.23 bits per heavy atom. The quantitative estimate of drug-likeness (QED) is 0.566. The molecular formula is C12H19F. The van der Waals surface area contributed by atoms with Crippen LogP contribution in [0.2, 0.25) is 0 Å². The molecular weight excluding hydrogens is 163 g/mol.